The highest BCUT2D eigenvalue weighted by atomic mass is 35.5. The van der Waals surface area contributed by atoms with Gasteiger partial charge in [0, 0.05) is 59.9 Å². The smallest absolute Gasteiger partial charge is 0.303 e. The SMILES string of the molecule is COc1cccc(C2O[C@H](CC(=O)N3CCC(CC(=O)O)CC3)C(=O)N(CC(C)(C)CO)c3ccc(Cl)cc32)c1OC. The first kappa shape index (κ1) is 31.6. The highest BCUT2D eigenvalue weighted by Gasteiger charge is 2.41. The van der Waals surface area contributed by atoms with Crippen LogP contribution in [0.2, 0.25) is 5.02 Å². The van der Waals surface area contributed by atoms with Crippen LogP contribution in [0.15, 0.2) is 36.4 Å². The van der Waals surface area contributed by atoms with Crippen molar-refractivity contribution in [3.8, 4) is 11.5 Å². The third-order valence-electron chi connectivity index (χ3n) is 7.93. The van der Waals surface area contributed by atoms with Crippen LogP contribution in [0.5, 0.6) is 11.5 Å². The third-order valence-corrected chi connectivity index (χ3v) is 8.16. The number of likely N-dealkylation sites (tertiary alicyclic amines) is 1. The fourth-order valence-electron chi connectivity index (χ4n) is 5.63. The van der Waals surface area contributed by atoms with Crippen molar-refractivity contribution in [1.29, 1.82) is 0 Å². The van der Waals surface area contributed by atoms with Gasteiger partial charge in [-0.3, -0.25) is 14.4 Å². The van der Waals surface area contributed by atoms with Gasteiger partial charge in [-0.25, -0.2) is 0 Å². The van der Waals surface area contributed by atoms with Crippen molar-refractivity contribution in [3.05, 3.63) is 52.5 Å². The van der Waals surface area contributed by atoms with Gasteiger partial charge in [0.2, 0.25) is 5.91 Å². The van der Waals surface area contributed by atoms with Gasteiger partial charge in [0.1, 0.15) is 12.2 Å². The number of rotatable bonds is 10. The average Bonchev–Trinajstić information content (AvgIpc) is 3.06. The average molecular weight is 603 g/mol. The topological polar surface area (TPSA) is 126 Å². The number of aliphatic hydroxyl groups is 1. The molecule has 4 rings (SSSR count). The summed E-state index contributed by atoms with van der Waals surface area (Å²) in [5.74, 6) is -0.571. The number of fused-ring (bicyclic) bond motifs is 1. The molecule has 2 amide bonds. The van der Waals surface area contributed by atoms with Crippen LogP contribution >= 0.6 is 11.6 Å². The molecule has 2 aromatic rings. The molecule has 0 bridgehead atoms. The van der Waals surface area contributed by atoms with E-state index in [2.05, 4.69) is 0 Å². The molecule has 2 atom stereocenters. The molecule has 2 aromatic carbocycles. The fraction of sp³-hybridized carbons (Fsp3) is 0.516. The minimum absolute atomic E-state index is 0.0164. The van der Waals surface area contributed by atoms with Crippen LogP contribution in [0, 0.1) is 11.3 Å². The second kappa shape index (κ2) is 13.3. The first-order chi connectivity index (χ1) is 20.0. The number of carboxylic acid groups (broad SMARTS) is 1. The molecule has 1 fully saturated rings. The summed E-state index contributed by atoms with van der Waals surface area (Å²) in [6.45, 7) is 4.55. The predicted molar refractivity (Wildman–Crippen MR) is 157 cm³/mol. The number of nitrogens with zero attached hydrogens (tertiary/aromatic N) is 2. The summed E-state index contributed by atoms with van der Waals surface area (Å²) in [4.78, 5) is 42.2. The molecule has 2 heterocycles. The number of carbonyl (C=O) groups excluding carboxylic acids is 2. The lowest BCUT2D eigenvalue weighted by Crippen LogP contribution is -2.47. The summed E-state index contributed by atoms with van der Waals surface area (Å²) in [7, 11) is 3.05. The lowest BCUT2D eigenvalue weighted by Gasteiger charge is -2.34. The Labute approximate surface area is 251 Å². The second-order valence-corrected chi connectivity index (χ2v) is 12.1. The van der Waals surface area contributed by atoms with E-state index in [9.17, 15) is 19.5 Å². The van der Waals surface area contributed by atoms with Crippen LogP contribution in [-0.4, -0.2) is 79.5 Å². The number of aliphatic hydroxyl groups excluding tert-OH is 1. The fourth-order valence-corrected chi connectivity index (χ4v) is 5.81. The number of halogens is 1. The molecular weight excluding hydrogens is 564 g/mol. The van der Waals surface area contributed by atoms with E-state index in [0.717, 1.165) is 0 Å². The molecule has 228 valence electrons. The van der Waals surface area contributed by atoms with Crippen LogP contribution in [0.3, 0.4) is 0 Å². The number of ether oxygens (including phenoxy) is 3. The van der Waals surface area contributed by atoms with Crippen molar-refractivity contribution < 1.29 is 38.8 Å². The number of hydrogen-bond donors (Lipinski definition) is 2. The van der Waals surface area contributed by atoms with Gasteiger partial charge >= 0.3 is 5.97 Å². The van der Waals surface area contributed by atoms with E-state index < -0.39 is 29.5 Å². The minimum atomic E-state index is -1.16. The van der Waals surface area contributed by atoms with Crippen molar-refractivity contribution in [3.63, 3.8) is 0 Å². The monoisotopic (exact) mass is 602 g/mol. The molecule has 42 heavy (non-hydrogen) atoms. The Kier molecular flexibility index (Phi) is 10.0. The maximum atomic E-state index is 14.2. The largest absolute Gasteiger partial charge is 0.493 e. The van der Waals surface area contributed by atoms with Gasteiger partial charge in [0.05, 0.1) is 20.6 Å². The van der Waals surface area contributed by atoms with Gasteiger partial charge in [0.25, 0.3) is 5.91 Å². The van der Waals surface area contributed by atoms with E-state index >= 15 is 0 Å². The number of aliphatic carboxylic acids is 1. The lowest BCUT2D eigenvalue weighted by atomic mass is 9.92. The Morgan fingerprint density at radius 1 is 1.07 bits per heavy atom. The van der Waals surface area contributed by atoms with Crippen molar-refractivity contribution in [2.45, 2.75) is 51.7 Å². The molecule has 0 saturated carbocycles. The first-order valence-corrected chi connectivity index (χ1v) is 14.4. The molecule has 0 spiro atoms. The highest BCUT2D eigenvalue weighted by Crippen LogP contribution is 2.45. The molecule has 11 heteroatoms. The van der Waals surface area contributed by atoms with Crippen LogP contribution in [0.4, 0.5) is 5.69 Å². The molecule has 0 radical (unpaired) electrons. The summed E-state index contributed by atoms with van der Waals surface area (Å²) >= 11 is 6.47. The molecule has 2 aliphatic rings. The summed E-state index contributed by atoms with van der Waals surface area (Å²) in [6.07, 6.45) is -0.954. The van der Waals surface area contributed by atoms with Crippen LogP contribution in [0.25, 0.3) is 0 Å². The molecule has 1 saturated heterocycles. The maximum Gasteiger partial charge on any atom is 0.303 e. The Hall–Kier alpha value is -3.34. The quantitative estimate of drug-likeness (QED) is 0.412. The van der Waals surface area contributed by atoms with Crippen molar-refractivity contribution in [2.24, 2.45) is 11.3 Å². The predicted octanol–water partition coefficient (Wildman–Crippen LogP) is 4.30. The third kappa shape index (κ3) is 6.99. The Balaban J connectivity index is 1.74. The van der Waals surface area contributed by atoms with Crippen LogP contribution in [-0.2, 0) is 19.1 Å². The van der Waals surface area contributed by atoms with Crippen molar-refractivity contribution in [2.75, 3.05) is 45.4 Å². The molecule has 10 nitrogen and oxygen atoms in total. The molecule has 2 aliphatic heterocycles. The van der Waals surface area contributed by atoms with Crippen LogP contribution in [0.1, 0.15) is 56.8 Å². The number of hydrogen-bond acceptors (Lipinski definition) is 7. The van der Waals surface area contributed by atoms with Gasteiger partial charge in [-0.2, -0.15) is 0 Å². The van der Waals surface area contributed by atoms with E-state index in [-0.39, 0.29) is 37.8 Å². The van der Waals surface area contributed by atoms with Crippen molar-refractivity contribution >= 4 is 35.1 Å². The zero-order valence-electron chi connectivity index (χ0n) is 24.5. The number of anilines is 1. The minimum Gasteiger partial charge on any atom is -0.493 e. The zero-order chi connectivity index (χ0) is 30.6. The van der Waals surface area contributed by atoms with Gasteiger partial charge in [-0.1, -0.05) is 37.6 Å². The van der Waals surface area contributed by atoms with E-state index in [1.165, 1.54) is 14.2 Å². The summed E-state index contributed by atoms with van der Waals surface area (Å²) in [6, 6.07) is 10.6. The number of amides is 2. The number of carbonyl (C=O) groups is 3. The van der Waals surface area contributed by atoms with Crippen molar-refractivity contribution in [1.82, 2.24) is 4.90 Å². The summed E-state index contributed by atoms with van der Waals surface area (Å²) in [5, 5.41) is 19.6. The Morgan fingerprint density at radius 3 is 2.40 bits per heavy atom. The normalized spacial score (nSPS) is 19.7. The number of para-hydroxylation sites is 1. The summed E-state index contributed by atoms with van der Waals surface area (Å²) in [5.41, 5.74) is 1.12. The van der Waals surface area contributed by atoms with Gasteiger partial charge in [-0.15, -0.1) is 0 Å². The number of piperidine rings is 1. The maximum absolute atomic E-state index is 14.2. The van der Waals surface area contributed by atoms with Gasteiger partial charge in [-0.05, 0) is 43.0 Å². The lowest BCUT2D eigenvalue weighted by molar-refractivity contribution is -0.144. The summed E-state index contributed by atoms with van der Waals surface area (Å²) < 4.78 is 17.8. The zero-order valence-corrected chi connectivity index (χ0v) is 25.2. The number of methoxy groups -OCH3 is 2. The van der Waals surface area contributed by atoms with Gasteiger partial charge in [0.15, 0.2) is 11.5 Å². The molecule has 0 aromatic heterocycles. The first-order valence-electron chi connectivity index (χ1n) is 14.1. The standard InChI is InChI=1S/C31H39ClN2O8/c1-31(2,18-35)17-34-23-9-8-20(32)15-22(23)28(21-6-5-7-24(40-3)29(21)41-4)42-25(30(34)39)16-26(36)33-12-10-19(11-13-33)14-27(37)38/h5-9,15,19,25,28,35H,10-14,16-18H2,1-4H3,(H,37,38)/t25-,28?/m1/s1. The highest BCUT2D eigenvalue weighted by molar-refractivity contribution is 6.30. The van der Waals surface area contributed by atoms with Gasteiger partial charge < -0.3 is 34.2 Å². The molecule has 1 unspecified atom stereocenters. The Morgan fingerprint density at radius 2 is 1.79 bits per heavy atom. The Bertz CT molecular complexity index is 1310. The molecule has 0 aliphatic carbocycles. The number of carboxylic acids is 1. The molecular formula is C31H39ClN2O8. The van der Waals surface area contributed by atoms with Crippen LogP contribution < -0.4 is 14.4 Å². The van der Waals surface area contributed by atoms with E-state index in [4.69, 9.17) is 30.9 Å². The van der Waals surface area contributed by atoms with E-state index in [0.29, 0.717) is 59.3 Å². The van der Waals surface area contributed by atoms with E-state index in [1.807, 2.05) is 19.9 Å². The van der Waals surface area contributed by atoms with E-state index in [1.54, 1.807) is 40.1 Å². The second-order valence-electron chi connectivity index (χ2n) is 11.7. The number of benzene rings is 2. The molecule has 2 N–H and O–H groups in total.